The summed E-state index contributed by atoms with van der Waals surface area (Å²) in [6, 6.07) is 3.87. The smallest absolute Gasteiger partial charge is 0.218 e. The zero-order chi connectivity index (χ0) is 17.8. The Kier molecular flexibility index (Phi) is 13.5. The third kappa shape index (κ3) is 9.25. The van der Waals surface area contributed by atoms with Crippen molar-refractivity contribution < 1.29 is 9.47 Å². The summed E-state index contributed by atoms with van der Waals surface area (Å²) in [5.74, 6) is 1.92. The molecule has 0 fully saturated rings. The fraction of sp³-hybridized carbons (Fsp3) is 0.667. The van der Waals surface area contributed by atoms with Gasteiger partial charge in [0.2, 0.25) is 5.88 Å². The van der Waals surface area contributed by atoms with Crippen molar-refractivity contribution in [1.82, 2.24) is 15.6 Å². The molecule has 6 nitrogen and oxygen atoms in total. The molecule has 1 atom stereocenters. The van der Waals surface area contributed by atoms with E-state index in [9.17, 15) is 0 Å². The Bertz CT molecular complexity index is 498. The number of methoxy groups -OCH3 is 1. The van der Waals surface area contributed by atoms with Gasteiger partial charge in [0.15, 0.2) is 5.96 Å². The average molecular weight is 464 g/mol. The lowest BCUT2D eigenvalue weighted by atomic mass is 10.0. The molecule has 1 aromatic heterocycles. The van der Waals surface area contributed by atoms with Crippen molar-refractivity contribution in [3.63, 3.8) is 0 Å². The fourth-order valence-electron chi connectivity index (χ4n) is 2.39. The van der Waals surface area contributed by atoms with Gasteiger partial charge in [0, 0.05) is 31.5 Å². The monoisotopic (exact) mass is 464 g/mol. The van der Waals surface area contributed by atoms with Crippen LogP contribution in [0.4, 0.5) is 0 Å². The number of hydrogen-bond donors (Lipinski definition) is 2. The van der Waals surface area contributed by atoms with Crippen LogP contribution in [0.5, 0.6) is 5.88 Å². The number of rotatable bonds is 10. The number of halogens is 1. The lowest BCUT2D eigenvalue weighted by molar-refractivity contribution is 0.0258. The number of aromatic nitrogens is 1. The molecule has 25 heavy (non-hydrogen) atoms. The van der Waals surface area contributed by atoms with E-state index in [0.29, 0.717) is 18.3 Å². The molecular weight excluding hydrogens is 431 g/mol. The molecule has 0 aliphatic rings. The molecule has 1 rings (SSSR count). The van der Waals surface area contributed by atoms with Gasteiger partial charge in [-0.2, -0.15) is 0 Å². The van der Waals surface area contributed by atoms with Crippen molar-refractivity contribution in [2.24, 2.45) is 10.9 Å². The number of ether oxygens (including phenoxy) is 2. The highest BCUT2D eigenvalue weighted by molar-refractivity contribution is 14.0. The normalized spacial score (nSPS) is 12.5. The number of aliphatic imine (C=N–C) groups is 1. The summed E-state index contributed by atoms with van der Waals surface area (Å²) < 4.78 is 11.0. The highest BCUT2D eigenvalue weighted by Crippen LogP contribution is 2.14. The summed E-state index contributed by atoms with van der Waals surface area (Å²) in [6.07, 6.45) is 2.94. The van der Waals surface area contributed by atoms with Crippen molar-refractivity contribution in [3.05, 3.63) is 23.9 Å². The second kappa shape index (κ2) is 14.1. The highest BCUT2D eigenvalue weighted by atomic mass is 127. The van der Waals surface area contributed by atoms with Crippen molar-refractivity contribution in [2.75, 3.05) is 26.8 Å². The lowest BCUT2D eigenvalue weighted by Gasteiger charge is -2.21. The number of nitrogens with zero attached hydrogens (tertiary/aromatic N) is 2. The maximum Gasteiger partial charge on any atom is 0.218 e. The third-order valence-electron chi connectivity index (χ3n) is 3.64. The first-order chi connectivity index (χ1) is 11.6. The van der Waals surface area contributed by atoms with Gasteiger partial charge in [-0.25, -0.2) is 9.98 Å². The van der Waals surface area contributed by atoms with E-state index in [0.717, 1.165) is 37.6 Å². The summed E-state index contributed by atoms with van der Waals surface area (Å²) in [7, 11) is 1.62. The van der Waals surface area contributed by atoms with Crippen LogP contribution in [-0.2, 0) is 11.3 Å². The van der Waals surface area contributed by atoms with Crippen molar-refractivity contribution in [1.29, 1.82) is 0 Å². The number of guanidine groups is 1. The predicted octanol–water partition coefficient (Wildman–Crippen LogP) is 3.21. The molecule has 2 N–H and O–H groups in total. The van der Waals surface area contributed by atoms with Gasteiger partial charge in [0.05, 0.1) is 19.8 Å². The Morgan fingerprint density at radius 1 is 1.28 bits per heavy atom. The molecule has 1 heterocycles. The standard InChI is InChI=1S/C18H32N4O2.HI/c1-6-19-18(21-12-10-16(14(3)4)24-7-2)22-13-15-9-8-11-20-17(15)23-5;/h8-9,11,14,16H,6-7,10,12-13H2,1-5H3,(H2,19,21,22);1H. The summed E-state index contributed by atoms with van der Waals surface area (Å²) in [6.45, 7) is 11.4. The Morgan fingerprint density at radius 3 is 2.64 bits per heavy atom. The maximum absolute atomic E-state index is 5.78. The molecule has 7 heteroatoms. The van der Waals surface area contributed by atoms with Crippen molar-refractivity contribution in [3.8, 4) is 5.88 Å². The third-order valence-corrected chi connectivity index (χ3v) is 3.64. The van der Waals surface area contributed by atoms with Crippen LogP contribution in [-0.4, -0.2) is 43.9 Å². The van der Waals surface area contributed by atoms with E-state index in [2.05, 4.69) is 41.4 Å². The first-order valence-corrected chi connectivity index (χ1v) is 8.73. The Hall–Kier alpha value is -1.09. The Morgan fingerprint density at radius 2 is 2.04 bits per heavy atom. The topological polar surface area (TPSA) is 67.8 Å². The van der Waals surface area contributed by atoms with E-state index in [1.54, 1.807) is 13.3 Å². The van der Waals surface area contributed by atoms with Crippen molar-refractivity contribution >= 4 is 29.9 Å². The maximum atomic E-state index is 5.78. The molecule has 0 spiro atoms. The molecule has 1 unspecified atom stereocenters. The number of hydrogen-bond acceptors (Lipinski definition) is 4. The van der Waals surface area contributed by atoms with E-state index in [4.69, 9.17) is 9.47 Å². The van der Waals surface area contributed by atoms with E-state index in [1.807, 2.05) is 19.1 Å². The number of nitrogens with one attached hydrogen (secondary N) is 2. The summed E-state index contributed by atoms with van der Waals surface area (Å²) in [5.41, 5.74) is 0.964. The SMILES string of the molecule is CCNC(=NCc1cccnc1OC)NCCC(OCC)C(C)C.I. The summed E-state index contributed by atoms with van der Waals surface area (Å²) >= 11 is 0. The molecule has 0 aliphatic carbocycles. The second-order valence-corrected chi connectivity index (χ2v) is 5.82. The molecule has 0 aromatic carbocycles. The van der Waals surface area contributed by atoms with E-state index in [-0.39, 0.29) is 30.1 Å². The summed E-state index contributed by atoms with van der Waals surface area (Å²) in [4.78, 5) is 8.81. The molecule has 144 valence electrons. The minimum Gasteiger partial charge on any atom is -0.481 e. The van der Waals surface area contributed by atoms with Crippen LogP contribution >= 0.6 is 24.0 Å². The molecule has 0 amide bonds. The van der Waals surface area contributed by atoms with Gasteiger partial charge in [-0.15, -0.1) is 24.0 Å². The average Bonchev–Trinajstić information content (AvgIpc) is 2.58. The molecule has 0 saturated heterocycles. The van der Waals surface area contributed by atoms with Gasteiger partial charge < -0.3 is 20.1 Å². The summed E-state index contributed by atoms with van der Waals surface area (Å²) in [5, 5.41) is 6.63. The van der Waals surface area contributed by atoms with Gasteiger partial charge in [-0.3, -0.25) is 0 Å². The molecule has 0 bridgehead atoms. The van der Waals surface area contributed by atoms with E-state index >= 15 is 0 Å². The minimum absolute atomic E-state index is 0. The molecule has 1 aromatic rings. The van der Waals surface area contributed by atoms with Crippen molar-refractivity contribution in [2.45, 2.75) is 46.8 Å². The van der Waals surface area contributed by atoms with Crippen LogP contribution < -0.4 is 15.4 Å². The van der Waals surface area contributed by atoms with Gasteiger partial charge in [-0.1, -0.05) is 19.9 Å². The second-order valence-electron chi connectivity index (χ2n) is 5.82. The van der Waals surface area contributed by atoms with Crippen LogP contribution in [0.3, 0.4) is 0 Å². The van der Waals surface area contributed by atoms with Gasteiger partial charge in [0.1, 0.15) is 0 Å². The molecule has 0 radical (unpaired) electrons. The molecule has 0 aliphatic heterocycles. The van der Waals surface area contributed by atoms with Gasteiger partial charge in [0.25, 0.3) is 0 Å². The zero-order valence-corrected chi connectivity index (χ0v) is 18.4. The van der Waals surface area contributed by atoms with Crippen LogP contribution in [0.25, 0.3) is 0 Å². The minimum atomic E-state index is 0. The first kappa shape index (κ1) is 23.9. The van der Waals surface area contributed by atoms with Gasteiger partial charge >= 0.3 is 0 Å². The fourth-order valence-corrected chi connectivity index (χ4v) is 2.39. The zero-order valence-electron chi connectivity index (χ0n) is 16.0. The van der Waals surface area contributed by atoms with E-state index in [1.165, 1.54) is 0 Å². The van der Waals surface area contributed by atoms with Crippen LogP contribution in [0.15, 0.2) is 23.3 Å². The van der Waals surface area contributed by atoms with Crippen LogP contribution in [0.2, 0.25) is 0 Å². The molecular formula is C18H33IN4O2. The lowest BCUT2D eigenvalue weighted by Crippen LogP contribution is -2.39. The molecule has 0 saturated carbocycles. The Labute approximate surface area is 169 Å². The largest absolute Gasteiger partial charge is 0.481 e. The predicted molar refractivity (Wildman–Crippen MR) is 114 cm³/mol. The van der Waals surface area contributed by atoms with Gasteiger partial charge in [-0.05, 0) is 32.3 Å². The number of pyridine rings is 1. The van der Waals surface area contributed by atoms with Crippen LogP contribution in [0, 0.1) is 5.92 Å². The Balaban J connectivity index is 0.00000576. The quantitative estimate of drug-likeness (QED) is 0.316. The van der Waals surface area contributed by atoms with E-state index < -0.39 is 0 Å². The van der Waals surface area contributed by atoms with Crippen LogP contribution in [0.1, 0.15) is 39.7 Å². The first-order valence-electron chi connectivity index (χ1n) is 8.73. The highest BCUT2D eigenvalue weighted by Gasteiger charge is 2.13.